The summed E-state index contributed by atoms with van der Waals surface area (Å²) in [5.41, 5.74) is 0. The number of hydrogen-bond donors (Lipinski definition) is 2. The van der Waals surface area contributed by atoms with Crippen LogP contribution in [0.5, 0.6) is 0 Å². The van der Waals surface area contributed by atoms with Crippen molar-refractivity contribution in [3.8, 4) is 6.07 Å². The van der Waals surface area contributed by atoms with Gasteiger partial charge in [0.2, 0.25) is 0 Å². The zero-order chi connectivity index (χ0) is 6.85. The Bertz CT molecular complexity index is 142. The van der Waals surface area contributed by atoms with Gasteiger partial charge in [0.05, 0.1) is 12.7 Å². The van der Waals surface area contributed by atoms with Crippen LogP contribution in [0.1, 0.15) is 0 Å². The lowest BCUT2D eigenvalue weighted by molar-refractivity contribution is 0.0441. The van der Waals surface area contributed by atoms with Gasteiger partial charge in [0.1, 0.15) is 12.2 Å². The van der Waals surface area contributed by atoms with Crippen LogP contribution < -0.4 is 0 Å². The Balaban J connectivity index is 2.54. The molecule has 4 heteroatoms. The SMILES string of the molecule is N#C[C@H]1OCC(O)[C@@H]1O. The molecule has 0 spiro atoms. The normalized spacial score (nSPS) is 42.6. The lowest BCUT2D eigenvalue weighted by Crippen LogP contribution is -2.28. The van der Waals surface area contributed by atoms with Crippen LogP contribution in [0, 0.1) is 11.3 Å². The molecule has 9 heavy (non-hydrogen) atoms. The molecule has 1 aliphatic rings. The van der Waals surface area contributed by atoms with E-state index in [1.165, 1.54) is 0 Å². The molecule has 1 saturated heterocycles. The van der Waals surface area contributed by atoms with E-state index in [4.69, 9.17) is 15.5 Å². The lowest BCUT2D eigenvalue weighted by Gasteiger charge is -2.04. The molecule has 1 aliphatic heterocycles. The van der Waals surface area contributed by atoms with Gasteiger partial charge in [-0.2, -0.15) is 5.26 Å². The summed E-state index contributed by atoms with van der Waals surface area (Å²) >= 11 is 0. The highest BCUT2D eigenvalue weighted by Gasteiger charge is 2.34. The second kappa shape index (κ2) is 2.31. The van der Waals surface area contributed by atoms with Crippen molar-refractivity contribution in [2.45, 2.75) is 18.3 Å². The van der Waals surface area contributed by atoms with Gasteiger partial charge in [-0.05, 0) is 0 Å². The molecule has 0 aromatic heterocycles. The quantitative estimate of drug-likeness (QED) is 0.423. The predicted octanol–water partition coefficient (Wildman–Crippen LogP) is -1.37. The minimum absolute atomic E-state index is 0.0550. The predicted molar refractivity (Wildman–Crippen MR) is 27.4 cm³/mol. The van der Waals surface area contributed by atoms with Gasteiger partial charge >= 0.3 is 0 Å². The highest BCUT2D eigenvalue weighted by Crippen LogP contribution is 2.12. The van der Waals surface area contributed by atoms with Crippen LogP contribution in [0.15, 0.2) is 0 Å². The zero-order valence-corrected chi connectivity index (χ0v) is 4.69. The van der Waals surface area contributed by atoms with Gasteiger partial charge in [0.25, 0.3) is 0 Å². The second-order valence-corrected chi connectivity index (χ2v) is 1.94. The lowest BCUT2D eigenvalue weighted by atomic mass is 10.2. The van der Waals surface area contributed by atoms with Crippen LogP contribution in [0.3, 0.4) is 0 Å². The second-order valence-electron chi connectivity index (χ2n) is 1.94. The summed E-state index contributed by atoms with van der Waals surface area (Å²) < 4.78 is 4.67. The summed E-state index contributed by atoms with van der Waals surface area (Å²) in [6, 6.07) is 1.71. The van der Waals surface area contributed by atoms with Crippen LogP contribution >= 0.6 is 0 Å². The van der Waals surface area contributed by atoms with Crippen molar-refractivity contribution < 1.29 is 14.9 Å². The van der Waals surface area contributed by atoms with E-state index in [-0.39, 0.29) is 6.61 Å². The van der Waals surface area contributed by atoms with Crippen molar-refractivity contribution in [3.63, 3.8) is 0 Å². The van der Waals surface area contributed by atoms with Gasteiger partial charge in [-0.25, -0.2) is 0 Å². The van der Waals surface area contributed by atoms with E-state index in [0.29, 0.717) is 0 Å². The van der Waals surface area contributed by atoms with E-state index in [1.54, 1.807) is 6.07 Å². The van der Waals surface area contributed by atoms with Gasteiger partial charge in [0, 0.05) is 0 Å². The number of nitriles is 1. The molecule has 0 saturated carbocycles. The summed E-state index contributed by atoms with van der Waals surface area (Å²) in [7, 11) is 0. The van der Waals surface area contributed by atoms with Crippen LogP contribution in [-0.4, -0.2) is 35.1 Å². The molecule has 0 bridgehead atoms. The number of aliphatic hydroxyl groups is 2. The minimum Gasteiger partial charge on any atom is -0.388 e. The summed E-state index contributed by atoms with van der Waals surface area (Å²) in [4.78, 5) is 0. The molecular formula is C5H7NO3. The van der Waals surface area contributed by atoms with Crippen LogP contribution in [-0.2, 0) is 4.74 Å². The Morgan fingerprint density at radius 2 is 2.22 bits per heavy atom. The number of aliphatic hydroxyl groups excluding tert-OH is 2. The fourth-order valence-corrected chi connectivity index (χ4v) is 0.715. The molecule has 50 valence electrons. The zero-order valence-electron chi connectivity index (χ0n) is 4.69. The van der Waals surface area contributed by atoms with Gasteiger partial charge in [-0.3, -0.25) is 0 Å². The highest BCUT2D eigenvalue weighted by atomic mass is 16.5. The van der Waals surface area contributed by atoms with Crippen LogP contribution in [0.2, 0.25) is 0 Å². The molecule has 1 fully saturated rings. The molecule has 1 rings (SSSR count). The minimum atomic E-state index is -1.03. The van der Waals surface area contributed by atoms with E-state index in [0.717, 1.165) is 0 Å². The largest absolute Gasteiger partial charge is 0.388 e. The third-order valence-corrected chi connectivity index (χ3v) is 1.28. The van der Waals surface area contributed by atoms with Crippen molar-refractivity contribution in [3.05, 3.63) is 0 Å². The first-order chi connectivity index (χ1) is 4.25. The molecule has 1 unspecified atom stereocenters. The first kappa shape index (κ1) is 6.49. The van der Waals surface area contributed by atoms with E-state index in [2.05, 4.69) is 4.74 Å². The molecule has 0 aromatic rings. The maximum Gasteiger partial charge on any atom is 0.172 e. The van der Waals surface area contributed by atoms with E-state index < -0.39 is 18.3 Å². The number of rotatable bonds is 0. The summed E-state index contributed by atoms with van der Waals surface area (Å²) in [5.74, 6) is 0. The Kier molecular flexibility index (Phi) is 1.67. The number of ether oxygens (including phenoxy) is 1. The number of hydrogen-bond acceptors (Lipinski definition) is 4. The first-order valence-corrected chi connectivity index (χ1v) is 2.63. The van der Waals surface area contributed by atoms with Gasteiger partial charge in [-0.1, -0.05) is 0 Å². The fourth-order valence-electron chi connectivity index (χ4n) is 0.715. The molecule has 1 heterocycles. The average molecular weight is 129 g/mol. The highest BCUT2D eigenvalue weighted by molar-refractivity contribution is 4.97. The Morgan fingerprint density at radius 3 is 2.44 bits per heavy atom. The van der Waals surface area contributed by atoms with E-state index >= 15 is 0 Å². The molecule has 3 atom stereocenters. The Hall–Kier alpha value is -0.630. The van der Waals surface area contributed by atoms with Crippen molar-refractivity contribution in [1.29, 1.82) is 5.26 Å². The van der Waals surface area contributed by atoms with Crippen LogP contribution in [0.25, 0.3) is 0 Å². The van der Waals surface area contributed by atoms with Crippen molar-refractivity contribution >= 4 is 0 Å². The fraction of sp³-hybridized carbons (Fsp3) is 0.800. The topological polar surface area (TPSA) is 73.5 Å². The number of nitrogens with zero attached hydrogens (tertiary/aromatic N) is 1. The average Bonchev–Trinajstić information content (AvgIpc) is 2.15. The monoisotopic (exact) mass is 129 g/mol. The Labute approximate surface area is 52.3 Å². The van der Waals surface area contributed by atoms with Crippen molar-refractivity contribution in [1.82, 2.24) is 0 Å². The van der Waals surface area contributed by atoms with E-state index in [1.807, 2.05) is 0 Å². The molecule has 2 N–H and O–H groups in total. The summed E-state index contributed by atoms with van der Waals surface area (Å²) in [6.07, 6.45) is -2.77. The molecule has 0 aliphatic carbocycles. The molecular weight excluding hydrogens is 122 g/mol. The maximum absolute atomic E-state index is 8.86. The smallest absolute Gasteiger partial charge is 0.172 e. The third-order valence-electron chi connectivity index (χ3n) is 1.28. The van der Waals surface area contributed by atoms with Gasteiger partial charge < -0.3 is 14.9 Å². The molecule has 0 aromatic carbocycles. The maximum atomic E-state index is 8.86. The standard InChI is InChI=1S/C5H7NO3/c6-1-4-5(8)3(7)2-9-4/h3-5,7-8H,2H2/t3?,4-,5+/m1/s1. The molecule has 0 amide bonds. The first-order valence-electron chi connectivity index (χ1n) is 2.63. The van der Waals surface area contributed by atoms with Gasteiger partial charge in [-0.15, -0.1) is 0 Å². The van der Waals surface area contributed by atoms with E-state index in [9.17, 15) is 0 Å². The van der Waals surface area contributed by atoms with Crippen molar-refractivity contribution in [2.24, 2.45) is 0 Å². The Morgan fingerprint density at radius 1 is 1.56 bits per heavy atom. The summed E-state index contributed by atoms with van der Waals surface area (Å²) in [6.45, 7) is 0.0550. The van der Waals surface area contributed by atoms with Crippen LogP contribution in [0.4, 0.5) is 0 Å². The summed E-state index contributed by atoms with van der Waals surface area (Å²) in [5, 5.41) is 25.8. The molecule has 4 nitrogen and oxygen atoms in total. The van der Waals surface area contributed by atoms with Gasteiger partial charge in [0.15, 0.2) is 6.10 Å². The molecule has 0 radical (unpaired) electrons. The third kappa shape index (κ3) is 1.03. The van der Waals surface area contributed by atoms with Crippen molar-refractivity contribution in [2.75, 3.05) is 6.61 Å².